The molecule has 1 heterocycles. The molecule has 9 heteroatoms. The predicted octanol–water partition coefficient (Wildman–Crippen LogP) is 1.20. The van der Waals surface area contributed by atoms with Crippen molar-refractivity contribution >= 4 is 17.8 Å². The molecule has 1 aliphatic rings. The zero-order chi connectivity index (χ0) is 19.8. The third-order valence-electron chi connectivity index (χ3n) is 4.65. The largest absolute Gasteiger partial charge is 0.376 e. The molecule has 0 bridgehead atoms. The van der Waals surface area contributed by atoms with E-state index in [2.05, 4.69) is 20.6 Å². The van der Waals surface area contributed by atoms with Crippen LogP contribution in [-0.2, 0) is 14.3 Å². The minimum atomic E-state index is -0.493. The molecule has 1 fully saturated rings. The quantitative estimate of drug-likeness (QED) is 0.702. The van der Waals surface area contributed by atoms with Crippen molar-refractivity contribution in [1.82, 2.24) is 20.2 Å². The summed E-state index contributed by atoms with van der Waals surface area (Å²) in [5.41, 5.74) is 0. The summed E-state index contributed by atoms with van der Waals surface area (Å²) in [6, 6.07) is -0.0599. The number of halogens is 1. The topological polar surface area (TPSA) is 96.5 Å². The molecule has 0 aliphatic heterocycles. The molecule has 3 atom stereocenters. The summed E-state index contributed by atoms with van der Waals surface area (Å²) in [5.74, 6) is -0.608. The number of hydrogen-bond acceptors (Lipinski definition) is 6. The van der Waals surface area contributed by atoms with E-state index in [0.717, 1.165) is 18.8 Å². The van der Waals surface area contributed by atoms with Gasteiger partial charge in [-0.15, -0.1) is 0 Å². The highest BCUT2D eigenvalue weighted by Crippen LogP contribution is 2.30. The molecule has 1 aliphatic carbocycles. The number of likely N-dealkylation sites (N-methyl/N-ethyl adjacent to an activating group) is 2. The third-order valence-corrected chi connectivity index (χ3v) is 4.65. The number of anilines is 1. The Morgan fingerprint density at radius 2 is 2.04 bits per heavy atom. The average Bonchev–Trinajstić information content (AvgIpc) is 2.68. The monoisotopic (exact) mass is 381 g/mol. The van der Waals surface area contributed by atoms with E-state index >= 15 is 0 Å². The van der Waals surface area contributed by atoms with E-state index in [0.29, 0.717) is 31.8 Å². The minimum Gasteiger partial charge on any atom is -0.376 e. The Kier molecular flexibility index (Phi) is 7.90. The van der Waals surface area contributed by atoms with Gasteiger partial charge in [-0.2, -0.15) is 0 Å². The molecule has 1 aromatic rings. The second kappa shape index (κ2) is 10.1. The molecule has 8 nitrogen and oxygen atoms in total. The van der Waals surface area contributed by atoms with Gasteiger partial charge in [0.1, 0.15) is 0 Å². The average molecular weight is 381 g/mol. The lowest BCUT2D eigenvalue weighted by atomic mass is 9.83. The maximum atomic E-state index is 13.0. The van der Waals surface area contributed by atoms with Gasteiger partial charge < -0.3 is 20.3 Å². The van der Waals surface area contributed by atoms with Gasteiger partial charge in [0.25, 0.3) is 0 Å². The number of rotatable bonds is 8. The third kappa shape index (κ3) is 6.13. The van der Waals surface area contributed by atoms with Crippen LogP contribution >= 0.6 is 0 Å². The van der Waals surface area contributed by atoms with Crippen molar-refractivity contribution < 1.29 is 18.7 Å². The Morgan fingerprint density at radius 3 is 2.67 bits per heavy atom. The van der Waals surface area contributed by atoms with Crippen molar-refractivity contribution in [3.63, 3.8) is 0 Å². The fourth-order valence-corrected chi connectivity index (χ4v) is 3.21. The Morgan fingerprint density at radius 1 is 1.33 bits per heavy atom. The number of nitrogens with zero attached hydrogens (tertiary/aromatic N) is 3. The highest BCUT2D eigenvalue weighted by atomic mass is 19.1. The van der Waals surface area contributed by atoms with Gasteiger partial charge in [0.15, 0.2) is 5.82 Å². The maximum Gasteiger partial charge on any atom is 0.239 e. The zero-order valence-corrected chi connectivity index (χ0v) is 16.1. The fraction of sp³-hybridized carbons (Fsp3) is 0.667. The Labute approximate surface area is 158 Å². The number of amides is 2. The summed E-state index contributed by atoms with van der Waals surface area (Å²) in [6.07, 6.45) is 4.82. The summed E-state index contributed by atoms with van der Waals surface area (Å²) in [4.78, 5) is 33.5. The lowest BCUT2D eigenvalue weighted by Crippen LogP contribution is -2.47. The number of ether oxygens (including phenoxy) is 1. The molecule has 0 aromatic carbocycles. The normalized spacial score (nSPS) is 22.1. The Hall–Kier alpha value is -2.29. The van der Waals surface area contributed by atoms with Crippen LogP contribution in [0.1, 0.15) is 32.6 Å². The molecule has 0 unspecified atom stereocenters. The molecule has 0 spiro atoms. The summed E-state index contributed by atoms with van der Waals surface area (Å²) < 4.78 is 19.0. The van der Waals surface area contributed by atoms with Crippen molar-refractivity contribution in [3.8, 4) is 0 Å². The van der Waals surface area contributed by atoms with Crippen LogP contribution in [0.2, 0.25) is 0 Å². The van der Waals surface area contributed by atoms with Crippen LogP contribution in [0.25, 0.3) is 0 Å². The lowest BCUT2D eigenvalue weighted by molar-refractivity contribution is -0.140. The summed E-state index contributed by atoms with van der Waals surface area (Å²) >= 11 is 0. The molecule has 1 saturated carbocycles. The number of carbonyl (C=O) groups excluding carboxylic acids is 2. The van der Waals surface area contributed by atoms with Gasteiger partial charge in [-0.25, -0.2) is 14.4 Å². The van der Waals surface area contributed by atoms with Crippen LogP contribution in [0, 0.1) is 11.7 Å². The minimum absolute atomic E-state index is 0.0391. The van der Waals surface area contributed by atoms with Gasteiger partial charge >= 0.3 is 0 Å². The van der Waals surface area contributed by atoms with Gasteiger partial charge in [0.05, 0.1) is 31.1 Å². The first-order chi connectivity index (χ1) is 12.9. The number of nitrogens with one attached hydrogen (secondary N) is 2. The molecular weight excluding hydrogens is 353 g/mol. The summed E-state index contributed by atoms with van der Waals surface area (Å²) in [7, 11) is 3.18. The molecular formula is C18H28FN5O3. The molecule has 0 radical (unpaired) electrons. The summed E-state index contributed by atoms with van der Waals surface area (Å²) in [5, 5.41) is 5.71. The smallest absolute Gasteiger partial charge is 0.239 e. The second-order valence-electron chi connectivity index (χ2n) is 6.76. The van der Waals surface area contributed by atoms with Crippen LogP contribution in [0.4, 0.5) is 10.3 Å². The van der Waals surface area contributed by atoms with Gasteiger partial charge in [0, 0.05) is 26.6 Å². The molecule has 1 aromatic heterocycles. The van der Waals surface area contributed by atoms with E-state index < -0.39 is 5.82 Å². The SMILES string of the molecule is CCCO[C@H]1C[C@@H](C(=O)N(C)CC(=O)NC)CC[C@@H]1Nc1ncc(F)cn1. The van der Waals surface area contributed by atoms with Crippen molar-refractivity contribution in [2.75, 3.05) is 32.6 Å². The summed E-state index contributed by atoms with van der Waals surface area (Å²) in [6.45, 7) is 2.65. The highest BCUT2D eigenvalue weighted by molar-refractivity contribution is 5.85. The highest BCUT2D eigenvalue weighted by Gasteiger charge is 2.36. The number of hydrogen-bond donors (Lipinski definition) is 2. The van der Waals surface area contributed by atoms with Crippen LogP contribution < -0.4 is 10.6 Å². The molecule has 0 saturated heterocycles. The molecule has 27 heavy (non-hydrogen) atoms. The van der Waals surface area contributed by atoms with Crippen molar-refractivity contribution in [2.45, 2.75) is 44.8 Å². The Bertz CT molecular complexity index is 628. The van der Waals surface area contributed by atoms with Crippen LogP contribution in [0.5, 0.6) is 0 Å². The lowest BCUT2D eigenvalue weighted by Gasteiger charge is -2.37. The van der Waals surface area contributed by atoms with Gasteiger partial charge in [0.2, 0.25) is 17.8 Å². The van der Waals surface area contributed by atoms with E-state index in [4.69, 9.17) is 4.74 Å². The first-order valence-corrected chi connectivity index (χ1v) is 9.25. The van der Waals surface area contributed by atoms with Crippen molar-refractivity contribution in [3.05, 3.63) is 18.2 Å². The zero-order valence-electron chi connectivity index (χ0n) is 16.1. The van der Waals surface area contributed by atoms with E-state index in [1.807, 2.05) is 6.92 Å². The van der Waals surface area contributed by atoms with Crippen molar-refractivity contribution in [2.24, 2.45) is 5.92 Å². The van der Waals surface area contributed by atoms with Crippen LogP contribution in [0.15, 0.2) is 12.4 Å². The molecule has 2 rings (SSSR count). The first-order valence-electron chi connectivity index (χ1n) is 9.25. The van der Waals surface area contributed by atoms with Gasteiger partial charge in [-0.05, 0) is 25.7 Å². The van der Waals surface area contributed by atoms with Crippen LogP contribution in [0.3, 0.4) is 0 Å². The number of carbonyl (C=O) groups is 2. The molecule has 2 amide bonds. The van der Waals surface area contributed by atoms with Crippen LogP contribution in [-0.4, -0.2) is 66.1 Å². The molecule has 150 valence electrons. The van der Waals surface area contributed by atoms with E-state index in [1.165, 1.54) is 4.90 Å². The first kappa shape index (κ1) is 21.0. The standard InChI is InChI=1S/C18H28FN5O3/c1-4-7-27-15-8-12(17(26)24(3)11-16(25)20-2)5-6-14(15)23-18-21-9-13(19)10-22-18/h9-10,12,14-15H,4-8,11H2,1-3H3,(H,20,25)(H,21,22,23)/t12-,14-,15-/m0/s1. The second-order valence-corrected chi connectivity index (χ2v) is 6.76. The van der Waals surface area contributed by atoms with Crippen molar-refractivity contribution in [1.29, 1.82) is 0 Å². The predicted molar refractivity (Wildman–Crippen MR) is 98.5 cm³/mol. The fourth-order valence-electron chi connectivity index (χ4n) is 3.21. The van der Waals surface area contributed by atoms with E-state index in [1.54, 1.807) is 14.1 Å². The number of aromatic nitrogens is 2. The molecule has 2 N–H and O–H groups in total. The Balaban J connectivity index is 2.00. The van der Waals surface area contributed by atoms with E-state index in [-0.39, 0.29) is 36.4 Å². The van der Waals surface area contributed by atoms with Gasteiger partial charge in [-0.1, -0.05) is 6.92 Å². The van der Waals surface area contributed by atoms with Gasteiger partial charge in [-0.3, -0.25) is 9.59 Å². The maximum absolute atomic E-state index is 13.0. The van der Waals surface area contributed by atoms with E-state index in [9.17, 15) is 14.0 Å².